The molecule has 2 aromatic rings. The molecule has 0 radical (unpaired) electrons. The zero-order valence-electron chi connectivity index (χ0n) is 10.7. The van der Waals surface area contributed by atoms with Gasteiger partial charge in [-0.1, -0.05) is 19.9 Å². The van der Waals surface area contributed by atoms with Crippen molar-refractivity contribution in [1.82, 2.24) is 15.0 Å². The molecule has 0 amide bonds. The quantitative estimate of drug-likeness (QED) is 0.845. The van der Waals surface area contributed by atoms with Crippen molar-refractivity contribution in [2.45, 2.75) is 20.0 Å². The minimum absolute atomic E-state index is 0.183. The van der Waals surface area contributed by atoms with Gasteiger partial charge in [0, 0.05) is 0 Å². The molecular weight excluding hydrogens is 275 g/mol. The molecule has 0 atom stereocenters. The van der Waals surface area contributed by atoms with Gasteiger partial charge in [-0.2, -0.15) is 18.2 Å². The Morgan fingerprint density at radius 1 is 1.20 bits per heavy atom. The molecule has 2 N–H and O–H groups in total. The molecule has 0 spiro atoms. The highest BCUT2D eigenvalue weighted by atomic mass is 19.4. The van der Waals surface area contributed by atoms with Gasteiger partial charge in [0.15, 0.2) is 5.82 Å². The Morgan fingerprint density at radius 3 is 2.40 bits per heavy atom. The number of aromatic nitrogens is 3. The van der Waals surface area contributed by atoms with E-state index in [1.54, 1.807) is 0 Å². The number of aromatic hydroxyl groups is 1. The molecule has 8 heteroatoms. The molecule has 2 aromatic heterocycles. The standard InChI is InChI=1S/C10H6F3N3O2.C2H6/c11-10(12,13)6-3-1-2-5(14-6)9-15-7(17)4-8(18)16-9;1-2/h1-4H,(H2,15,16,17,18);1-2H3. The molecule has 0 saturated carbocycles. The Morgan fingerprint density at radius 2 is 1.85 bits per heavy atom. The zero-order valence-corrected chi connectivity index (χ0v) is 10.7. The van der Waals surface area contributed by atoms with Crippen LogP contribution in [0.15, 0.2) is 29.1 Å². The minimum atomic E-state index is -4.59. The SMILES string of the molecule is CC.O=c1cc(O)nc(-c2cccc(C(F)(F)F)n2)[nH]1. The second-order valence-corrected chi connectivity index (χ2v) is 3.36. The smallest absolute Gasteiger partial charge is 0.433 e. The lowest BCUT2D eigenvalue weighted by atomic mass is 10.3. The summed E-state index contributed by atoms with van der Waals surface area (Å²) in [7, 11) is 0. The summed E-state index contributed by atoms with van der Waals surface area (Å²) < 4.78 is 37.3. The first-order valence-electron chi connectivity index (χ1n) is 5.71. The molecule has 5 nitrogen and oxygen atoms in total. The van der Waals surface area contributed by atoms with Crippen molar-refractivity contribution < 1.29 is 18.3 Å². The highest BCUT2D eigenvalue weighted by molar-refractivity contribution is 5.49. The maximum absolute atomic E-state index is 12.4. The van der Waals surface area contributed by atoms with E-state index in [4.69, 9.17) is 5.11 Å². The molecular formula is C12H12F3N3O2. The molecule has 0 bridgehead atoms. The fourth-order valence-electron chi connectivity index (χ4n) is 1.29. The second-order valence-electron chi connectivity index (χ2n) is 3.36. The van der Waals surface area contributed by atoms with E-state index in [0.717, 1.165) is 18.2 Å². The number of nitrogens with zero attached hydrogens (tertiary/aromatic N) is 2. The lowest BCUT2D eigenvalue weighted by molar-refractivity contribution is -0.141. The molecule has 0 aliphatic carbocycles. The van der Waals surface area contributed by atoms with Crippen molar-refractivity contribution >= 4 is 0 Å². The predicted octanol–water partition coefficient (Wildman–Crippen LogP) is 2.58. The van der Waals surface area contributed by atoms with Gasteiger partial charge in [0.05, 0.1) is 6.07 Å². The number of aromatic amines is 1. The summed E-state index contributed by atoms with van der Waals surface area (Å²) in [6.45, 7) is 4.00. The number of pyridine rings is 1. The van der Waals surface area contributed by atoms with E-state index in [9.17, 15) is 18.0 Å². The topological polar surface area (TPSA) is 78.9 Å². The summed E-state index contributed by atoms with van der Waals surface area (Å²) in [6.07, 6.45) is -4.59. The van der Waals surface area contributed by atoms with Crippen LogP contribution in [0, 0.1) is 0 Å². The molecule has 0 aliphatic heterocycles. The first-order valence-corrected chi connectivity index (χ1v) is 5.71. The molecule has 0 fully saturated rings. The van der Waals surface area contributed by atoms with Gasteiger partial charge in [0.2, 0.25) is 5.88 Å². The van der Waals surface area contributed by atoms with Crippen LogP contribution >= 0.6 is 0 Å². The Bertz CT molecular complexity index is 638. The summed E-state index contributed by atoms with van der Waals surface area (Å²) in [5, 5.41) is 9.10. The average molecular weight is 287 g/mol. The van der Waals surface area contributed by atoms with E-state index in [-0.39, 0.29) is 11.5 Å². The first-order chi connectivity index (χ1) is 9.36. The number of hydrogen-bond acceptors (Lipinski definition) is 4. The van der Waals surface area contributed by atoms with Gasteiger partial charge in [-0.15, -0.1) is 0 Å². The number of H-pyrrole nitrogens is 1. The Balaban J connectivity index is 0.000000956. The van der Waals surface area contributed by atoms with Crippen LogP contribution in [0.2, 0.25) is 0 Å². The van der Waals surface area contributed by atoms with E-state index in [0.29, 0.717) is 0 Å². The number of rotatable bonds is 1. The highest BCUT2D eigenvalue weighted by Gasteiger charge is 2.32. The molecule has 20 heavy (non-hydrogen) atoms. The van der Waals surface area contributed by atoms with Crippen LogP contribution in [-0.4, -0.2) is 20.1 Å². The maximum Gasteiger partial charge on any atom is 0.433 e. The number of halogens is 3. The van der Waals surface area contributed by atoms with Crippen LogP contribution in [0.3, 0.4) is 0 Å². The van der Waals surface area contributed by atoms with Gasteiger partial charge >= 0.3 is 6.18 Å². The van der Waals surface area contributed by atoms with Crippen LogP contribution in [-0.2, 0) is 6.18 Å². The molecule has 2 rings (SSSR count). The van der Waals surface area contributed by atoms with E-state index >= 15 is 0 Å². The second kappa shape index (κ2) is 6.18. The van der Waals surface area contributed by atoms with Gasteiger partial charge in [-0.05, 0) is 12.1 Å². The van der Waals surface area contributed by atoms with Crippen LogP contribution in [0.1, 0.15) is 19.5 Å². The number of hydrogen-bond donors (Lipinski definition) is 2. The van der Waals surface area contributed by atoms with Crippen LogP contribution in [0.4, 0.5) is 13.2 Å². The molecule has 0 unspecified atom stereocenters. The summed E-state index contributed by atoms with van der Waals surface area (Å²) in [5.74, 6) is -0.820. The van der Waals surface area contributed by atoms with Crippen molar-refractivity contribution in [3.63, 3.8) is 0 Å². The van der Waals surface area contributed by atoms with Crippen molar-refractivity contribution in [1.29, 1.82) is 0 Å². The Labute approximate surface area is 112 Å². The van der Waals surface area contributed by atoms with E-state index in [1.807, 2.05) is 13.8 Å². The molecule has 0 saturated heterocycles. The summed E-state index contributed by atoms with van der Waals surface area (Å²) in [6, 6.07) is 3.98. The summed E-state index contributed by atoms with van der Waals surface area (Å²) in [4.78, 5) is 20.1. The Kier molecular flexibility index (Phi) is 4.84. The van der Waals surface area contributed by atoms with Crippen molar-refractivity contribution in [3.8, 4) is 17.4 Å². The predicted molar refractivity (Wildman–Crippen MR) is 66.1 cm³/mol. The van der Waals surface area contributed by atoms with Crippen molar-refractivity contribution in [3.05, 3.63) is 40.3 Å². The zero-order chi connectivity index (χ0) is 15.3. The minimum Gasteiger partial charge on any atom is -0.493 e. The largest absolute Gasteiger partial charge is 0.493 e. The monoisotopic (exact) mass is 287 g/mol. The first kappa shape index (κ1) is 15.7. The number of alkyl halides is 3. The van der Waals surface area contributed by atoms with Gasteiger partial charge in [0.1, 0.15) is 11.4 Å². The maximum atomic E-state index is 12.4. The highest BCUT2D eigenvalue weighted by Crippen LogP contribution is 2.28. The molecule has 2 heterocycles. The van der Waals surface area contributed by atoms with Gasteiger partial charge in [-0.25, -0.2) is 4.98 Å². The van der Waals surface area contributed by atoms with Crippen molar-refractivity contribution in [2.24, 2.45) is 0 Å². The van der Waals surface area contributed by atoms with Crippen molar-refractivity contribution in [2.75, 3.05) is 0 Å². The van der Waals surface area contributed by atoms with E-state index in [1.165, 1.54) is 6.07 Å². The Hall–Kier alpha value is -2.38. The fraction of sp³-hybridized carbons (Fsp3) is 0.250. The third-order valence-corrected chi connectivity index (χ3v) is 2.01. The van der Waals surface area contributed by atoms with Gasteiger partial charge < -0.3 is 10.1 Å². The van der Waals surface area contributed by atoms with Crippen LogP contribution < -0.4 is 5.56 Å². The third kappa shape index (κ3) is 3.81. The lowest BCUT2D eigenvalue weighted by Gasteiger charge is -2.07. The molecule has 0 aliphatic rings. The summed E-state index contributed by atoms with van der Waals surface area (Å²) >= 11 is 0. The molecule has 108 valence electrons. The third-order valence-electron chi connectivity index (χ3n) is 2.01. The fourth-order valence-corrected chi connectivity index (χ4v) is 1.29. The summed E-state index contributed by atoms with van der Waals surface area (Å²) in [5.41, 5.74) is -1.97. The average Bonchev–Trinajstić information content (AvgIpc) is 2.39. The van der Waals surface area contributed by atoms with Crippen LogP contribution in [0.5, 0.6) is 5.88 Å². The number of nitrogens with one attached hydrogen (secondary N) is 1. The van der Waals surface area contributed by atoms with E-state index in [2.05, 4.69) is 15.0 Å². The lowest BCUT2D eigenvalue weighted by Crippen LogP contribution is -2.11. The van der Waals surface area contributed by atoms with Gasteiger partial charge in [-0.3, -0.25) is 4.79 Å². The van der Waals surface area contributed by atoms with Gasteiger partial charge in [0.25, 0.3) is 5.56 Å². The normalized spacial score (nSPS) is 10.7. The van der Waals surface area contributed by atoms with Crippen LogP contribution in [0.25, 0.3) is 11.5 Å². The van der Waals surface area contributed by atoms with E-state index < -0.39 is 23.3 Å². The molecule has 0 aromatic carbocycles.